The first-order chi connectivity index (χ1) is 15.1. The van der Waals surface area contributed by atoms with E-state index in [4.69, 9.17) is 9.47 Å². The van der Waals surface area contributed by atoms with Crippen LogP contribution in [0.3, 0.4) is 0 Å². The lowest BCUT2D eigenvalue weighted by molar-refractivity contribution is -0.0406. The summed E-state index contributed by atoms with van der Waals surface area (Å²) in [5.74, 6) is 0.474. The number of carbonyl (C=O) groups is 1. The molecule has 1 saturated heterocycles. The highest BCUT2D eigenvalue weighted by molar-refractivity contribution is 5.95. The lowest BCUT2D eigenvalue weighted by Gasteiger charge is -2.32. The number of benzene rings is 1. The summed E-state index contributed by atoms with van der Waals surface area (Å²) < 4.78 is 13.7. The Labute approximate surface area is 179 Å². The maximum Gasteiger partial charge on any atom is 0.272 e. The van der Waals surface area contributed by atoms with E-state index in [1.807, 2.05) is 65.7 Å². The summed E-state index contributed by atoms with van der Waals surface area (Å²) in [6.07, 6.45) is 3.13. The fraction of sp³-hybridized carbons (Fsp3) is 0.304. The van der Waals surface area contributed by atoms with Crippen LogP contribution in [0.25, 0.3) is 16.6 Å². The molecule has 158 valence electrons. The summed E-state index contributed by atoms with van der Waals surface area (Å²) in [4.78, 5) is 28.3. The molecule has 0 aliphatic carbocycles. The van der Waals surface area contributed by atoms with Crippen LogP contribution in [0.1, 0.15) is 21.7 Å². The summed E-state index contributed by atoms with van der Waals surface area (Å²) in [5.41, 5.74) is 4.00. The number of nitrogens with zero attached hydrogens (tertiary/aromatic N) is 5. The third kappa shape index (κ3) is 3.59. The van der Waals surface area contributed by atoms with Crippen LogP contribution < -0.4 is 4.74 Å². The molecule has 1 aliphatic rings. The first-order valence-corrected chi connectivity index (χ1v) is 10.3. The van der Waals surface area contributed by atoms with Gasteiger partial charge in [0.05, 0.1) is 29.7 Å². The van der Waals surface area contributed by atoms with E-state index in [1.54, 1.807) is 0 Å². The van der Waals surface area contributed by atoms with Crippen molar-refractivity contribution in [2.45, 2.75) is 20.0 Å². The minimum atomic E-state index is -0.243. The van der Waals surface area contributed by atoms with E-state index in [1.165, 1.54) is 6.33 Å². The first-order valence-electron chi connectivity index (χ1n) is 10.3. The van der Waals surface area contributed by atoms with Crippen molar-refractivity contribution < 1.29 is 14.3 Å². The number of imidazole rings is 1. The van der Waals surface area contributed by atoms with Gasteiger partial charge in [-0.05, 0) is 37.6 Å². The van der Waals surface area contributed by atoms with E-state index in [9.17, 15) is 4.79 Å². The predicted octanol–water partition coefficient (Wildman–Crippen LogP) is 2.81. The molecule has 1 amide bonds. The van der Waals surface area contributed by atoms with Gasteiger partial charge in [-0.3, -0.25) is 9.20 Å². The molecule has 1 aliphatic heterocycles. The van der Waals surface area contributed by atoms with Crippen molar-refractivity contribution in [3.8, 4) is 5.88 Å². The Bertz CT molecular complexity index is 1260. The van der Waals surface area contributed by atoms with E-state index in [-0.39, 0.29) is 12.0 Å². The monoisotopic (exact) mass is 417 g/mol. The number of amides is 1. The van der Waals surface area contributed by atoms with Gasteiger partial charge in [-0.2, -0.15) is 0 Å². The maximum absolute atomic E-state index is 13.3. The zero-order valence-corrected chi connectivity index (χ0v) is 17.5. The lowest BCUT2D eigenvalue weighted by atomic mass is 10.2. The minimum absolute atomic E-state index is 0.0450. The summed E-state index contributed by atoms with van der Waals surface area (Å²) in [7, 11) is 0. The van der Waals surface area contributed by atoms with Crippen LogP contribution >= 0.6 is 0 Å². The largest absolute Gasteiger partial charge is 0.474 e. The first kappa shape index (κ1) is 19.4. The second-order valence-electron chi connectivity index (χ2n) is 7.68. The molecule has 8 heteroatoms. The van der Waals surface area contributed by atoms with Crippen LogP contribution in [0, 0.1) is 13.8 Å². The number of morpholine rings is 1. The van der Waals surface area contributed by atoms with Gasteiger partial charge in [-0.25, -0.2) is 15.0 Å². The molecular weight excluding hydrogens is 394 g/mol. The van der Waals surface area contributed by atoms with Gasteiger partial charge in [-0.15, -0.1) is 0 Å². The summed E-state index contributed by atoms with van der Waals surface area (Å²) >= 11 is 0. The lowest BCUT2D eigenvalue weighted by Crippen LogP contribution is -2.48. The number of aryl methyl sites for hydroxylation is 2. The highest BCUT2D eigenvalue weighted by atomic mass is 16.5. The quantitative estimate of drug-likeness (QED) is 0.508. The number of hydrogen-bond donors (Lipinski definition) is 0. The summed E-state index contributed by atoms with van der Waals surface area (Å²) in [6.45, 7) is 5.61. The Morgan fingerprint density at radius 2 is 2.06 bits per heavy atom. The van der Waals surface area contributed by atoms with Gasteiger partial charge in [0, 0.05) is 12.7 Å². The van der Waals surface area contributed by atoms with E-state index in [0.29, 0.717) is 37.9 Å². The maximum atomic E-state index is 13.3. The van der Waals surface area contributed by atoms with E-state index < -0.39 is 0 Å². The van der Waals surface area contributed by atoms with Crippen molar-refractivity contribution in [1.82, 2.24) is 24.3 Å². The van der Waals surface area contributed by atoms with Gasteiger partial charge in [-0.1, -0.05) is 18.2 Å². The van der Waals surface area contributed by atoms with Crippen LogP contribution in [-0.4, -0.2) is 62.6 Å². The molecule has 0 N–H and O–H groups in total. The van der Waals surface area contributed by atoms with Gasteiger partial charge >= 0.3 is 0 Å². The average Bonchev–Trinajstić information content (AvgIpc) is 3.14. The van der Waals surface area contributed by atoms with Crippen molar-refractivity contribution >= 4 is 22.5 Å². The molecule has 1 unspecified atom stereocenters. The number of ether oxygens (including phenoxy) is 2. The molecule has 4 aromatic rings. The van der Waals surface area contributed by atoms with E-state index in [2.05, 4.69) is 15.0 Å². The second kappa shape index (κ2) is 7.96. The Kier molecular flexibility index (Phi) is 4.99. The van der Waals surface area contributed by atoms with Gasteiger partial charge in [0.2, 0.25) is 5.88 Å². The Hall–Kier alpha value is -3.52. The minimum Gasteiger partial charge on any atom is -0.474 e. The fourth-order valence-electron chi connectivity index (χ4n) is 4.00. The topological polar surface area (TPSA) is 81.9 Å². The van der Waals surface area contributed by atoms with Crippen LogP contribution in [0.2, 0.25) is 0 Å². The number of para-hydroxylation sites is 1. The van der Waals surface area contributed by atoms with Crippen molar-refractivity contribution in [2.24, 2.45) is 0 Å². The molecule has 0 bridgehead atoms. The Morgan fingerprint density at radius 3 is 2.97 bits per heavy atom. The molecule has 5 rings (SSSR count). The normalized spacial score (nSPS) is 16.7. The molecule has 0 spiro atoms. The zero-order chi connectivity index (χ0) is 21.4. The molecule has 1 fully saturated rings. The van der Waals surface area contributed by atoms with Gasteiger partial charge in [0.1, 0.15) is 30.4 Å². The van der Waals surface area contributed by atoms with Crippen LogP contribution in [0.15, 0.2) is 48.9 Å². The third-order valence-corrected chi connectivity index (χ3v) is 5.56. The van der Waals surface area contributed by atoms with Gasteiger partial charge < -0.3 is 14.4 Å². The summed E-state index contributed by atoms with van der Waals surface area (Å²) in [6, 6.07) is 11.6. The van der Waals surface area contributed by atoms with Crippen molar-refractivity contribution in [3.05, 3.63) is 65.9 Å². The SMILES string of the molecule is Cc1nc2c(C)cccn2c1C(=O)N1CCOC(COc2ncnc3ccccc23)C1. The number of hydrogen-bond acceptors (Lipinski definition) is 6. The average molecular weight is 417 g/mol. The molecule has 0 saturated carbocycles. The fourth-order valence-corrected chi connectivity index (χ4v) is 4.00. The summed E-state index contributed by atoms with van der Waals surface area (Å²) in [5, 5.41) is 0.852. The van der Waals surface area contributed by atoms with E-state index >= 15 is 0 Å². The zero-order valence-electron chi connectivity index (χ0n) is 17.5. The molecule has 3 aromatic heterocycles. The Morgan fingerprint density at radius 1 is 1.19 bits per heavy atom. The van der Waals surface area contributed by atoms with Crippen LogP contribution in [-0.2, 0) is 4.74 Å². The molecule has 8 nitrogen and oxygen atoms in total. The Balaban J connectivity index is 1.32. The highest BCUT2D eigenvalue weighted by Crippen LogP contribution is 2.22. The highest BCUT2D eigenvalue weighted by Gasteiger charge is 2.29. The predicted molar refractivity (Wildman–Crippen MR) is 115 cm³/mol. The molecular formula is C23H23N5O3. The number of rotatable bonds is 4. The van der Waals surface area contributed by atoms with Crippen molar-refractivity contribution in [2.75, 3.05) is 26.3 Å². The molecule has 1 atom stereocenters. The standard InChI is InChI=1S/C23H23N5O3/c1-15-6-5-9-28-20(16(2)26-21(15)28)23(29)27-10-11-30-17(12-27)13-31-22-18-7-3-4-8-19(18)24-14-25-22/h3-9,14,17H,10-13H2,1-2H3. The molecule has 0 radical (unpaired) electrons. The second-order valence-corrected chi connectivity index (χ2v) is 7.68. The van der Waals surface area contributed by atoms with Gasteiger partial charge in [0.15, 0.2) is 0 Å². The number of fused-ring (bicyclic) bond motifs is 2. The molecule has 31 heavy (non-hydrogen) atoms. The molecule has 4 heterocycles. The van der Waals surface area contributed by atoms with Crippen LogP contribution in [0.5, 0.6) is 5.88 Å². The van der Waals surface area contributed by atoms with Crippen molar-refractivity contribution in [3.63, 3.8) is 0 Å². The van der Waals surface area contributed by atoms with Gasteiger partial charge in [0.25, 0.3) is 5.91 Å². The number of carbonyl (C=O) groups excluding carboxylic acids is 1. The number of aromatic nitrogens is 4. The molecule has 1 aromatic carbocycles. The third-order valence-electron chi connectivity index (χ3n) is 5.56. The number of pyridine rings is 1. The van der Waals surface area contributed by atoms with E-state index in [0.717, 1.165) is 27.8 Å². The van der Waals surface area contributed by atoms with Crippen LogP contribution in [0.4, 0.5) is 0 Å². The smallest absolute Gasteiger partial charge is 0.272 e. The van der Waals surface area contributed by atoms with Crippen molar-refractivity contribution in [1.29, 1.82) is 0 Å².